The Bertz CT molecular complexity index is 434. The van der Waals surface area contributed by atoms with Crippen LogP contribution >= 0.6 is 0 Å². The molecule has 92 valence electrons. The number of anilines is 1. The van der Waals surface area contributed by atoms with Gasteiger partial charge in [0.25, 0.3) is 0 Å². The quantitative estimate of drug-likeness (QED) is 0.850. The van der Waals surface area contributed by atoms with Gasteiger partial charge in [-0.2, -0.15) is 0 Å². The van der Waals surface area contributed by atoms with E-state index in [1.165, 1.54) is 30.5 Å². The molecule has 0 aliphatic heterocycles. The van der Waals surface area contributed by atoms with Crippen molar-refractivity contribution in [2.75, 3.05) is 12.4 Å². The van der Waals surface area contributed by atoms with Gasteiger partial charge in [0.1, 0.15) is 11.6 Å². The maximum atomic E-state index is 4.83. The Balaban J connectivity index is 2.01. The van der Waals surface area contributed by atoms with Crippen LogP contribution in [0.3, 0.4) is 0 Å². The molecule has 0 aromatic carbocycles. The summed E-state index contributed by atoms with van der Waals surface area (Å²) < 4.78 is 0. The third kappa shape index (κ3) is 1.81. The molecule has 0 saturated heterocycles. The van der Waals surface area contributed by atoms with Crippen LogP contribution in [0.1, 0.15) is 56.1 Å². The number of aromatic nitrogens is 2. The molecule has 0 radical (unpaired) electrons. The number of rotatable bonds is 2. The lowest BCUT2D eigenvalue weighted by atomic mass is 9.96. The molecule has 1 fully saturated rings. The molecule has 3 rings (SSSR count). The molecule has 3 heteroatoms. The minimum Gasteiger partial charge on any atom is -0.373 e. The van der Waals surface area contributed by atoms with E-state index in [0.29, 0.717) is 11.3 Å². The highest BCUT2D eigenvalue weighted by molar-refractivity contribution is 5.48. The SMILES string of the molecule is CNc1nc(C2CC2(C)C)nc2c1CCCC2. The van der Waals surface area contributed by atoms with Crippen LogP contribution < -0.4 is 5.32 Å². The third-order valence-electron chi connectivity index (χ3n) is 4.26. The van der Waals surface area contributed by atoms with Crippen LogP contribution in [0, 0.1) is 5.41 Å². The summed E-state index contributed by atoms with van der Waals surface area (Å²) in [6, 6.07) is 0. The van der Waals surface area contributed by atoms with Gasteiger partial charge in [0.05, 0.1) is 0 Å². The lowest BCUT2D eigenvalue weighted by Crippen LogP contribution is -2.13. The van der Waals surface area contributed by atoms with E-state index >= 15 is 0 Å². The van der Waals surface area contributed by atoms with Crippen molar-refractivity contribution in [3.63, 3.8) is 0 Å². The fraction of sp³-hybridized carbons (Fsp3) is 0.714. The van der Waals surface area contributed by atoms with Gasteiger partial charge in [-0.15, -0.1) is 0 Å². The van der Waals surface area contributed by atoms with E-state index in [2.05, 4.69) is 19.2 Å². The van der Waals surface area contributed by atoms with Crippen molar-refractivity contribution in [3.05, 3.63) is 17.1 Å². The smallest absolute Gasteiger partial charge is 0.134 e. The van der Waals surface area contributed by atoms with Crippen molar-refractivity contribution in [2.45, 2.75) is 51.9 Å². The van der Waals surface area contributed by atoms with Gasteiger partial charge >= 0.3 is 0 Å². The summed E-state index contributed by atoms with van der Waals surface area (Å²) in [7, 11) is 1.97. The van der Waals surface area contributed by atoms with E-state index in [4.69, 9.17) is 9.97 Å². The largest absolute Gasteiger partial charge is 0.373 e. The Morgan fingerprint density at radius 1 is 1.18 bits per heavy atom. The van der Waals surface area contributed by atoms with Crippen LogP contribution in [0.25, 0.3) is 0 Å². The number of aryl methyl sites for hydroxylation is 1. The first-order chi connectivity index (χ1) is 8.12. The molecule has 1 atom stereocenters. The molecule has 1 aromatic heterocycles. The highest BCUT2D eigenvalue weighted by atomic mass is 15.0. The number of nitrogens with zero attached hydrogens (tertiary/aromatic N) is 2. The van der Waals surface area contributed by atoms with E-state index in [0.717, 1.165) is 24.5 Å². The van der Waals surface area contributed by atoms with Crippen LogP contribution in [0.15, 0.2) is 0 Å². The van der Waals surface area contributed by atoms with Gasteiger partial charge in [0.15, 0.2) is 0 Å². The van der Waals surface area contributed by atoms with Gasteiger partial charge in [-0.25, -0.2) is 9.97 Å². The molecule has 1 saturated carbocycles. The average molecular weight is 231 g/mol. The lowest BCUT2D eigenvalue weighted by Gasteiger charge is -2.19. The van der Waals surface area contributed by atoms with E-state index in [-0.39, 0.29) is 0 Å². The molecule has 0 bridgehead atoms. The van der Waals surface area contributed by atoms with Gasteiger partial charge < -0.3 is 5.32 Å². The predicted octanol–water partition coefficient (Wildman–Crippen LogP) is 2.91. The van der Waals surface area contributed by atoms with Crippen LogP contribution in [-0.2, 0) is 12.8 Å². The molecule has 3 nitrogen and oxygen atoms in total. The fourth-order valence-corrected chi connectivity index (χ4v) is 2.88. The van der Waals surface area contributed by atoms with Gasteiger partial charge in [0.2, 0.25) is 0 Å². The van der Waals surface area contributed by atoms with Crippen LogP contribution in [0.4, 0.5) is 5.82 Å². The molecule has 1 heterocycles. The second-order valence-corrected chi connectivity index (χ2v) is 6.06. The van der Waals surface area contributed by atoms with Crippen LogP contribution in [-0.4, -0.2) is 17.0 Å². The zero-order valence-corrected chi connectivity index (χ0v) is 11.0. The van der Waals surface area contributed by atoms with Gasteiger partial charge in [-0.3, -0.25) is 0 Å². The van der Waals surface area contributed by atoms with E-state index in [1.807, 2.05) is 7.05 Å². The summed E-state index contributed by atoms with van der Waals surface area (Å²) in [5.41, 5.74) is 3.07. The molecule has 2 aliphatic carbocycles. The highest BCUT2D eigenvalue weighted by Gasteiger charge is 2.48. The topological polar surface area (TPSA) is 37.8 Å². The van der Waals surface area contributed by atoms with Crippen molar-refractivity contribution in [2.24, 2.45) is 5.41 Å². The minimum absolute atomic E-state index is 0.411. The first kappa shape index (κ1) is 11.0. The number of nitrogens with one attached hydrogen (secondary N) is 1. The number of fused-ring (bicyclic) bond motifs is 1. The van der Waals surface area contributed by atoms with E-state index < -0.39 is 0 Å². The van der Waals surface area contributed by atoms with Crippen molar-refractivity contribution < 1.29 is 0 Å². The van der Waals surface area contributed by atoms with Crippen molar-refractivity contribution >= 4 is 5.82 Å². The fourth-order valence-electron chi connectivity index (χ4n) is 2.88. The molecule has 2 aliphatic rings. The average Bonchev–Trinajstić information content (AvgIpc) is 2.97. The lowest BCUT2D eigenvalue weighted by molar-refractivity contribution is 0.599. The summed E-state index contributed by atoms with van der Waals surface area (Å²) in [6.45, 7) is 4.61. The van der Waals surface area contributed by atoms with Crippen molar-refractivity contribution in [1.29, 1.82) is 0 Å². The Labute approximate surface area is 103 Å². The maximum Gasteiger partial charge on any atom is 0.134 e. The summed E-state index contributed by atoms with van der Waals surface area (Å²) in [5.74, 6) is 2.72. The van der Waals surface area contributed by atoms with E-state index in [9.17, 15) is 0 Å². The third-order valence-corrected chi connectivity index (χ3v) is 4.26. The van der Waals surface area contributed by atoms with Gasteiger partial charge in [-0.1, -0.05) is 13.8 Å². The first-order valence-electron chi connectivity index (χ1n) is 6.69. The Hall–Kier alpha value is -1.12. The molecular weight excluding hydrogens is 210 g/mol. The van der Waals surface area contributed by atoms with Crippen LogP contribution in [0.5, 0.6) is 0 Å². The predicted molar refractivity (Wildman–Crippen MR) is 69.4 cm³/mol. The zero-order chi connectivity index (χ0) is 12.0. The molecule has 0 spiro atoms. The Morgan fingerprint density at radius 2 is 1.88 bits per heavy atom. The monoisotopic (exact) mass is 231 g/mol. The Morgan fingerprint density at radius 3 is 2.53 bits per heavy atom. The molecule has 0 amide bonds. The normalized spacial score (nSPS) is 25.2. The molecule has 1 aromatic rings. The summed E-state index contributed by atoms with van der Waals surface area (Å²) in [5, 5.41) is 3.25. The molecule has 17 heavy (non-hydrogen) atoms. The summed E-state index contributed by atoms with van der Waals surface area (Å²) >= 11 is 0. The molecule has 1 unspecified atom stereocenters. The molecule has 1 N–H and O–H groups in total. The van der Waals surface area contributed by atoms with Crippen molar-refractivity contribution in [1.82, 2.24) is 9.97 Å². The van der Waals surface area contributed by atoms with Gasteiger partial charge in [-0.05, 0) is 37.5 Å². The summed E-state index contributed by atoms with van der Waals surface area (Å²) in [6.07, 6.45) is 6.06. The minimum atomic E-state index is 0.411. The zero-order valence-electron chi connectivity index (χ0n) is 11.0. The maximum absolute atomic E-state index is 4.83. The highest BCUT2D eigenvalue weighted by Crippen LogP contribution is 2.57. The van der Waals surface area contributed by atoms with Crippen LogP contribution in [0.2, 0.25) is 0 Å². The second-order valence-electron chi connectivity index (χ2n) is 6.06. The standard InChI is InChI=1S/C14H21N3/c1-14(2)8-10(14)13-16-11-7-5-4-6-9(11)12(15-3)17-13/h10H,4-8H2,1-3H3,(H,15,16,17). The first-order valence-corrected chi connectivity index (χ1v) is 6.69. The second kappa shape index (κ2) is 3.69. The molecular formula is C14H21N3. The Kier molecular flexibility index (Phi) is 2.39. The van der Waals surface area contributed by atoms with Gasteiger partial charge in [0, 0.05) is 24.2 Å². The number of hydrogen-bond acceptors (Lipinski definition) is 3. The van der Waals surface area contributed by atoms with E-state index in [1.54, 1.807) is 0 Å². The number of hydrogen-bond donors (Lipinski definition) is 1. The summed E-state index contributed by atoms with van der Waals surface area (Å²) in [4.78, 5) is 9.57. The van der Waals surface area contributed by atoms with Crippen molar-refractivity contribution in [3.8, 4) is 0 Å².